The molecule has 1 unspecified atom stereocenters. The fourth-order valence-corrected chi connectivity index (χ4v) is 4.34. The van der Waals surface area contributed by atoms with Gasteiger partial charge in [0, 0.05) is 23.2 Å². The maximum absolute atomic E-state index is 14.4. The zero-order valence-corrected chi connectivity index (χ0v) is 14.2. The minimum atomic E-state index is -4.69. The summed E-state index contributed by atoms with van der Waals surface area (Å²) in [6, 6.07) is 4.48. The predicted molar refractivity (Wildman–Crippen MR) is 91.2 cm³/mol. The zero-order chi connectivity index (χ0) is 18.2. The fraction of sp³-hybridized carbons (Fsp3) is 0.353. The minimum absolute atomic E-state index is 0.0972. The van der Waals surface area contributed by atoms with Gasteiger partial charge in [-0.1, -0.05) is 6.92 Å². The molecule has 8 heteroatoms. The van der Waals surface area contributed by atoms with Gasteiger partial charge in [0.15, 0.2) is 0 Å². The molecular weight excluding hydrogens is 356 g/mol. The first-order chi connectivity index (χ1) is 11.8. The van der Waals surface area contributed by atoms with Gasteiger partial charge in [-0.3, -0.25) is 4.79 Å². The van der Waals surface area contributed by atoms with Crippen molar-refractivity contribution < 1.29 is 17.6 Å². The van der Waals surface area contributed by atoms with Crippen molar-refractivity contribution in [3.63, 3.8) is 0 Å². The predicted octanol–water partition coefficient (Wildman–Crippen LogP) is 4.56. The molecule has 0 fully saturated rings. The largest absolute Gasteiger partial charge is 0.403 e. The van der Waals surface area contributed by atoms with Crippen LogP contribution in [0.5, 0.6) is 0 Å². The summed E-state index contributed by atoms with van der Waals surface area (Å²) < 4.78 is 56.9. The lowest BCUT2D eigenvalue weighted by Crippen LogP contribution is -2.49. The van der Waals surface area contributed by atoms with E-state index in [9.17, 15) is 22.4 Å². The highest BCUT2D eigenvalue weighted by atomic mass is 32.2. The molecule has 25 heavy (non-hydrogen) atoms. The van der Waals surface area contributed by atoms with Gasteiger partial charge in [-0.05, 0) is 42.0 Å². The smallest absolute Gasteiger partial charge is 0.351 e. The number of alkyl halides is 3. The molecule has 1 atom stereocenters. The Kier molecular flexibility index (Phi) is 4.57. The summed E-state index contributed by atoms with van der Waals surface area (Å²) in [6.07, 6.45) is -2.78. The van der Waals surface area contributed by atoms with Crippen LogP contribution in [0.25, 0.3) is 0 Å². The Morgan fingerprint density at radius 3 is 2.64 bits per heavy atom. The van der Waals surface area contributed by atoms with Crippen LogP contribution in [-0.4, -0.2) is 22.7 Å². The van der Waals surface area contributed by atoms with Crippen LogP contribution < -0.4 is 10.9 Å². The first-order valence-corrected chi connectivity index (χ1v) is 8.90. The van der Waals surface area contributed by atoms with Crippen molar-refractivity contribution in [2.24, 2.45) is 0 Å². The van der Waals surface area contributed by atoms with E-state index in [4.69, 9.17) is 0 Å². The number of pyridine rings is 1. The monoisotopic (exact) mass is 372 g/mol. The van der Waals surface area contributed by atoms with Crippen LogP contribution in [0.4, 0.5) is 28.9 Å². The topological polar surface area (TPSA) is 44.9 Å². The lowest BCUT2D eigenvalue weighted by molar-refractivity contribution is -0.171. The second kappa shape index (κ2) is 6.40. The van der Waals surface area contributed by atoms with Gasteiger partial charge in [0.1, 0.15) is 16.9 Å². The van der Waals surface area contributed by atoms with E-state index in [1.807, 2.05) is 6.92 Å². The van der Waals surface area contributed by atoms with E-state index in [0.717, 1.165) is 30.3 Å². The number of hydrogen-bond acceptors (Lipinski definition) is 3. The van der Waals surface area contributed by atoms with Crippen molar-refractivity contribution in [2.75, 3.05) is 16.8 Å². The summed E-state index contributed by atoms with van der Waals surface area (Å²) in [5.74, 6) is -0.532. The van der Waals surface area contributed by atoms with E-state index >= 15 is 0 Å². The molecule has 0 spiro atoms. The fourth-order valence-electron chi connectivity index (χ4n) is 3.13. The van der Waals surface area contributed by atoms with Crippen molar-refractivity contribution in [3.05, 3.63) is 57.8 Å². The van der Waals surface area contributed by atoms with Crippen LogP contribution in [-0.2, 0) is 5.41 Å². The van der Waals surface area contributed by atoms with E-state index in [0.29, 0.717) is 5.75 Å². The molecule has 3 rings (SSSR count). The molecular formula is C17H16F4N2OS. The lowest BCUT2D eigenvalue weighted by Gasteiger charge is -2.41. The second-order valence-corrected chi connectivity index (χ2v) is 6.97. The molecule has 1 aromatic heterocycles. The SMILES string of the molecule is CCCSCC1(C(F)(F)F)c2cc(F)ccc2Nc2c1cc[nH]c2=O. The van der Waals surface area contributed by atoms with E-state index in [2.05, 4.69) is 10.3 Å². The van der Waals surface area contributed by atoms with Gasteiger partial charge >= 0.3 is 6.18 Å². The van der Waals surface area contributed by atoms with Gasteiger partial charge in [0.2, 0.25) is 0 Å². The van der Waals surface area contributed by atoms with Crippen molar-refractivity contribution in [3.8, 4) is 0 Å². The summed E-state index contributed by atoms with van der Waals surface area (Å²) in [4.78, 5) is 14.5. The second-order valence-electron chi connectivity index (χ2n) is 5.87. The maximum Gasteiger partial charge on any atom is 0.403 e. The Balaban J connectivity index is 2.33. The summed E-state index contributed by atoms with van der Waals surface area (Å²) in [7, 11) is 0. The Morgan fingerprint density at radius 2 is 1.96 bits per heavy atom. The third-order valence-corrected chi connectivity index (χ3v) is 5.61. The average Bonchev–Trinajstić information content (AvgIpc) is 2.54. The number of thioether (sulfide) groups is 1. The van der Waals surface area contributed by atoms with Crippen LogP contribution in [0.1, 0.15) is 24.5 Å². The molecule has 2 heterocycles. The van der Waals surface area contributed by atoms with Crippen molar-refractivity contribution >= 4 is 23.1 Å². The lowest BCUT2D eigenvalue weighted by atomic mass is 9.72. The zero-order valence-electron chi connectivity index (χ0n) is 13.3. The number of H-pyrrole nitrogens is 1. The van der Waals surface area contributed by atoms with E-state index < -0.39 is 23.0 Å². The number of halogens is 4. The number of aromatic nitrogens is 1. The van der Waals surface area contributed by atoms with Crippen molar-refractivity contribution in [2.45, 2.75) is 24.9 Å². The quantitative estimate of drug-likeness (QED) is 0.611. The third kappa shape index (κ3) is 2.82. The molecule has 3 nitrogen and oxygen atoms in total. The number of aromatic amines is 1. The van der Waals surface area contributed by atoms with Gasteiger partial charge in [-0.25, -0.2) is 4.39 Å². The van der Waals surface area contributed by atoms with E-state index in [1.54, 1.807) is 0 Å². The molecule has 1 aromatic carbocycles. The van der Waals surface area contributed by atoms with Crippen LogP contribution in [0.2, 0.25) is 0 Å². The molecule has 134 valence electrons. The average molecular weight is 372 g/mol. The van der Waals surface area contributed by atoms with Gasteiger partial charge < -0.3 is 10.3 Å². The molecule has 0 radical (unpaired) electrons. The summed E-state index contributed by atoms with van der Waals surface area (Å²) in [6.45, 7) is 1.88. The van der Waals surface area contributed by atoms with Crippen LogP contribution >= 0.6 is 11.8 Å². The molecule has 0 aliphatic carbocycles. The number of hydrogen-bond donors (Lipinski definition) is 2. The van der Waals surface area contributed by atoms with Gasteiger partial charge in [0.05, 0.1) is 0 Å². The molecule has 0 saturated carbocycles. The van der Waals surface area contributed by atoms with Crippen molar-refractivity contribution in [1.82, 2.24) is 4.98 Å². The normalized spacial score (nSPS) is 19.1. The molecule has 1 aliphatic heterocycles. The molecule has 2 N–H and O–H groups in total. The van der Waals surface area contributed by atoms with Gasteiger partial charge in [0.25, 0.3) is 5.56 Å². The highest BCUT2D eigenvalue weighted by Gasteiger charge is 2.60. The molecule has 1 aliphatic rings. The first kappa shape index (κ1) is 17.8. The number of fused-ring (bicyclic) bond motifs is 2. The highest BCUT2D eigenvalue weighted by molar-refractivity contribution is 7.99. The number of rotatable bonds is 4. The van der Waals surface area contributed by atoms with Crippen LogP contribution in [0.15, 0.2) is 35.3 Å². The molecule has 0 saturated heterocycles. The summed E-state index contributed by atoms with van der Waals surface area (Å²) in [5, 5.41) is 2.73. The standard InChI is InChI=1S/C17H16F4N2OS/c1-2-7-25-9-16(17(19,20)21)11-5-6-22-15(24)14(11)23-13-4-3-10(18)8-12(13)16/h3-6,8,23H,2,7,9H2,1H3,(H,22,24). The number of nitrogens with one attached hydrogen (secondary N) is 2. The molecule has 2 aromatic rings. The third-order valence-electron chi connectivity index (χ3n) is 4.27. The molecule has 0 bridgehead atoms. The minimum Gasteiger partial charge on any atom is -0.351 e. The number of anilines is 2. The van der Waals surface area contributed by atoms with E-state index in [-0.39, 0.29) is 28.3 Å². The van der Waals surface area contributed by atoms with Crippen LogP contribution in [0, 0.1) is 5.82 Å². The van der Waals surface area contributed by atoms with Gasteiger partial charge in [-0.2, -0.15) is 24.9 Å². The highest BCUT2D eigenvalue weighted by Crippen LogP contribution is 2.54. The first-order valence-electron chi connectivity index (χ1n) is 7.75. The van der Waals surface area contributed by atoms with E-state index in [1.165, 1.54) is 18.3 Å². The summed E-state index contributed by atoms with van der Waals surface area (Å²) in [5.41, 5.74) is -3.50. The summed E-state index contributed by atoms with van der Waals surface area (Å²) >= 11 is 1.14. The Bertz CT molecular complexity index is 849. The van der Waals surface area contributed by atoms with Crippen LogP contribution in [0.3, 0.4) is 0 Å². The van der Waals surface area contributed by atoms with Crippen molar-refractivity contribution in [1.29, 1.82) is 0 Å². The Morgan fingerprint density at radius 1 is 1.20 bits per heavy atom. The number of benzene rings is 1. The Labute approximate surface area is 145 Å². The maximum atomic E-state index is 14.4. The molecule has 0 amide bonds. The Hall–Kier alpha value is -1.96. The van der Waals surface area contributed by atoms with Gasteiger partial charge in [-0.15, -0.1) is 0 Å².